The number of halogens is 1. The standard InChI is InChI=1S/C25H30ClN5OS/c1-5-16-6-7-18(12-21(16)30-15(2)32)22-13-20(24(33-22)25(28)29-14-27)23(31(3)4)17-8-10-19(26)11-9-17/h6-14,16,21,23H,5H2,1-4H3,(H,30,32)(H3,27,28,29). The summed E-state index contributed by atoms with van der Waals surface area (Å²) in [5.41, 5.74) is 9.42. The number of nitrogens with one attached hydrogen (secondary N) is 2. The van der Waals surface area contributed by atoms with Crippen LogP contribution in [-0.4, -0.2) is 43.1 Å². The van der Waals surface area contributed by atoms with Crippen molar-refractivity contribution in [1.82, 2.24) is 10.2 Å². The van der Waals surface area contributed by atoms with E-state index in [0.29, 0.717) is 10.9 Å². The molecule has 33 heavy (non-hydrogen) atoms. The van der Waals surface area contributed by atoms with Crippen molar-refractivity contribution in [3.63, 3.8) is 0 Å². The van der Waals surface area contributed by atoms with Crippen molar-refractivity contribution in [2.24, 2.45) is 16.6 Å². The van der Waals surface area contributed by atoms with Gasteiger partial charge in [0.2, 0.25) is 5.91 Å². The molecule has 3 atom stereocenters. The first-order valence-electron chi connectivity index (χ1n) is 10.8. The van der Waals surface area contributed by atoms with Gasteiger partial charge in [-0.3, -0.25) is 15.1 Å². The van der Waals surface area contributed by atoms with Crippen molar-refractivity contribution < 1.29 is 4.79 Å². The second-order valence-electron chi connectivity index (χ2n) is 8.24. The number of thiophene rings is 1. The van der Waals surface area contributed by atoms with Crippen LogP contribution >= 0.6 is 22.9 Å². The quantitative estimate of drug-likeness (QED) is 0.370. The number of benzene rings is 1. The van der Waals surface area contributed by atoms with Gasteiger partial charge in [-0.25, -0.2) is 4.99 Å². The third-order valence-corrected chi connectivity index (χ3v) is 7.14. The number of aliphatic imine (C=N–C) groups is 1. The second-order valence-corrected chi connectivity index (χ2v) is 9.72. The molecule has 1 amide bonds. The number of nitrogens with zero attached hydrogens (tertiary/aromatic N) is 2. The SMILES string of the molecule is CCC1C=CC(c2cc(C(c3ccc(Cl)cc3)N(C)C)c(C(N)=NC=N)s2)=CC1NC(C)=O. The van der Waals surface area contributed by atoms with Gasteiger partial charge >= 0.3 is 0 Å². The maximum absolute atomic E-state index is 11.8. The van der Waals surface area contributed by atoms with Crippen LogP contribution in [0.15, 0.2) is 53.6 Å². The summed E-state index contributed by atoms with van der Waals surface area (Å²) in [6, 6.07) is 9.78. The predicted molar refractivity (Wildman–Crippen MR) is 139 cm³/mol. The zero-order valence-electron chi connectivity index (χ0n) is 19.3. The summed E-state index contributed by atoms with van der Waals surface area (Å²) in [4.78, 5) is 19.8. The summed E-state index contributed by atoms with van der Waals surface area (Å²) in [5, 5.41) is 11.1. The van der Waals surface area contributed by atoms with Crippen molar-refractivity contribution in [1.29, 1.82) is 5.41 Å². The third-order valence-electron chi connectivity index (χ3n) is 5.66. The molecule has 0 aliphatic heterocycles. The molecule has 0 saturated heterocycles. The van der Waals surface area contributed by atoms with E-state index in [1.54, 1.807) is 18.3 Å². The molecule has 6 nitrogen and oxygen atoms in total. The van der Waals surface area contributed by atoms with E-state index >= 15 is 0 Å². The number of hydrogen-bond donors (Lipinski definition) is 3. The van der Waals surface area contributed by atoms with Gasteiger partial charge in [-0.05, 0) is 55.4 Å². The minimum Gasteiger partial charge on any atom is -0.382 e. The first-order chi connectivity index (χ1) is 15.7. The van der Waals surface area contributed by atoms with Crippen LogP contribution in [-0.2, 0) is 4.79 Å². The van der Waals surface area contributed by atoms with Crippen molar-refractivity contribution in [3.05, 3.63) is 74.5 Å². The lowest BCUT2D eigenvalue weighted by Gasteiger charge is -2.26. The van der Waals surface area contributed by atoms with Crippen LogP contribution < -0.4 is 11.1 Å². The molecule has 1 aromatic heterocycles. The van der Waals surface area contributed by atoms with Crippen LogP contribution in [0.25, 0.3) is 5.57 Å². The Kier molecular flexibility index (Phi) is 8.24. The number of allylic oxidation sites excluding steroid dienone is 2. The summed E-state index contributed by atoms with van der Waals surface area (Å²) < 4.78 is 0. The Bertz CT molecular complexity index is 1100. The lowest BCUT2D eigenvalue weighted by atomic mass is 9.88. The molecule has 1 heterocycles. The van der Waals surface area contributed by atoms with Crippen LogP contribution in [0.4, 0.5) is 0 Å². The third kappa shape index (κ3) is 5.79. The van der Waals surface area contributed by atoms with Crippen molar-refractivity contribution >= 4 is 46.6 Å². The van der Waals surface area contributed by atoms with Crippen LogP contribution in [0.5, 0.6) is 0 Å². The van der Waals surface area contributed by atoms with E-state index in [4.69, 9.17) is 22.7 Å². The first kappa shape index (κ1) is 24.9. The monoisotopic (exact) mass is 483 g/mol. The van der Waals surface area contributed by atoms with Gasteiger partial charge < -0.3 is 11.1 Å². The Morgan fingerprint density at radius 3 is 2.64 bits per heavy atom. The Labute approximate surface area is 204 Å². The molecule has 1 aliphatic carbocycles. The van der Waals surface area contributed by atoms with E-state index < -0.39 is 0 Å². The minimum atomic E-state index is -0.0792. The molecule has 3 unspecified atom stereocenters. The molecular weight excluding hydrogens is 454 g/mol. The van der Waals surface area contributed by atoms with Gasteiger partial charge in [0.05, 0.1) is 17.0 Å². The number of amidine groups is 1. The maximum Gasteiger partial charge on any atom is 0.217 e. The molecule has 0 radical (unpaired) electrons. The Hall–Kier alpha value is -2.74. The smallest absolute Gasteiger partial charge is 0.217 e. The van der Waals surface area contributed by atoms with Gasteiger partial charge in [0.25, 0.3) is 0 Å². The molecule has 174 valence electrons. The van der Waals surface area contributed by atoms with E-state index in [9.17, 15) is 4.79 Å². The molecular formula is C25H30ClN5OS. The van der Waals surface area contributed by atoms with Crippen molar-refractivity contribution in [3.8, 4) is 0 Å². The Balaban J connectivity index is 2.13. The average Bonchev–Trinajstić information content (AvgIpc) is 3.19. The molecule has 0 spiro atoms. The summed E-state index contributed by atoms with van der Waals surface area (Å²) in [6.07, 6.45) is 8.29. The van der Waals surface area contributed by atoms with E-state index in [1.165, 1.54) is 0 Å². The fraction of sp³-hybridized carbons (Fsp3) is 0.320. The number of carbonyl (C=O) groups excluding carboxylic acids is 1. The predicted octanol–water partition coefficient (Wildman–Crippen LogP) is 4.85. The number of amides is 1. The van der Waals surface area contributed by atoms with Crippen molar-refractivity contribution in [2.45, 2.75) is 32.4 Å². The highest BCUT2D eigenvalue weighted by Gasteiger charge is 2.27. The summed E-state index contributed by atoms with van der Waals surface area (Å²) in [5.74, 6) is 0.515. The maximum atomic E-state index is 11.8. The van der Waals surface area contributed by atoms with Gasteiger partial charge in [-0.1, -0.05) is 48.9 Å². The molecule has 0 fully saturated rings. The average molecular weight is 484 g/mol. The molecule has 1 aromatic carbocycles. The van der Waals surface area contributed by atoms with E-state index in [2.05, 4.69) is 46.4 Å². The fourth-order valence-corrected chi connectivity index (χ4v) is 5.37. The molecule has 4 N–H and O–H groups in total. The summed E-state index contributed by atoms with van der Waals surface area (Å²) in [6.45, 7) is 3.66. The molecule has 3 rings (SSSR count). The highest BCUT2D eigenvalue weighted by atomic mass is 35.5. The van der Waals surface area contributed by atoms with Crippen LogP contribution in [0.2, 0.25) is 5.02 Å². The zero-order valence-corrected chi connectivity index (χ0v) is 20.9. The normalized spacial score (nSPS) is 19.3. The first-order valence-corrected chi connectivity index (χ1v) is 12.0. The lowest BCUT2D eigenvalue weighted by Crippen LogP contribution is -2.37. The van der Waals surface area contributed by atoms with Crippen molar-refractivity contribution in [2.75, 3.05) is 14.1 Å². The Morgan fingerprint density at radius 1 is 1.36 bits per heavy atom. The highest BCUT2D eigenvalue weighted by molar-refractivity contribution is 7.15. The highest BCUT2D eigenvalue weighted by Crippen LogP contribution is 2.39. The van der Waals surface area contributed by atoms with Gasteiger partial charge in [0.1, 0.15) is 12.2 Å². The van der Waals surface area contributed by atoms with E-state index in [0.717, 1.165) is 39.2 Å². The largest absolute Gasteiger partial charge is 0.382 e. The van der Waals surface area contributed by atoms with Crippen LogP contribution in [0.3, 0.4) is 0 Å². The molecule has 0 bridgehead atoms. The summed E-state index contributed by atoms with van der Waals surface area (Å²) in [7, 11) is 4.03. The Morgan fingerprint density at radius 2 is 2.06 bits per heavy atom. The number of rotatable bonds is 8. The van der Waals surface area contributed by atoms with Gasteiger partial charge in [-0.15, -0.1) is 11.3 Å². The number of hydrogen-bond acceptors (Lipinski definition) is 4. The molecule has 2 aromatic rings. The van der Waals surface area contributed by atoms with E-state index in [-0.39, 0.29) is 23.9 Å². The fourth-order valence-electron chi connectivity index (χ4n) is 4.14. The van der Waals surface area contributed by atoms with Crippen LogP contribution in [0, 0.1) is 11.3 Å². The van der Waals surface area contributed by atoms with E-state index in [1.807, 2.05) is 38.4 Å². The lowest BCUT2D eigenvalue weighted by molar-refractivity contribution is -0.119. The molecule has 1 aliphatic rings. The second kappa shape index (κ2) is 10.9. The minimum absolute atomic E-state index is 0.0466. The zero-order chi connectivity index (χ0) is 24.1. The number of nitrogens with two attached hydrogens (primary N) is 1. The van der Waals surface area contributed by atoms with Crippen LogP contribution in [0.1, 0.15) is 47.2 Å². The van der Waals surface area contributed by atoms with Gasteiger partial charge in [-0.2, -0.15) is 0 Å². The molecule has 0 saturated carbocycles. The van der Waals surface area contributed by atoms with Gasteiger partial charge in [0.15, 0.2) is 0 Å². The topological polar surface area (TPSA) is 94.6 Å². The number of carbonyl (C=O) groups is 1. The molecule has 8 heteroatoms. The van der Waals surface area contributed by atoms with Gasteiger partial charge in [0, 0.05) is 22.7 Å². The summed E-state index contributed by atoms with van der Waals surface area (Å²) >= 11 is 7.67.